The molecule has 0 unspecified atom stereocenters. The van der Waals surface area contributed by atoms with Crippen LogP contribution in [-0.2, 0) is 10.2 Å². The standard InChI is InChI=1S/C11H12ClN3O/c12-15-6-3-11(4-7-15)8-2-1-5-13-9(8)14-10(11)16/h1-2,5H,3-4,6-7H2,(H,13,14,16). The number of hydrogen-bond donors (Lipinski definition) is 1. The average molecular weight is 238 g/mol. The van der Waals surface area contributed by atoms with Gasteiger partial charge in [0, 0.05) is 24.8 Å². The number of hydrogen-bond acceptors (Lipinski definition) is 3. The van der Waals surface area contributed by atoms with Crippen LogP contribution in [0.2, 0.25) is 0 Å². The molecule has 5 heteroatoms. The third kappa shape index (κ3) is 1.26. The van der Waals surface area contributed by atoms with Crippen molar-refractivity contribution in [2.45, 2.75) is 18.3 Å². The maximum atomic E-state index is 12.1. The Morgan fingerprint density at radius 3 is 2.94 bits per heavy atom. The van der Waals surface area contributed by atoms with Crippen LogP contribution in [0.15, 0.2) is 18.3 Å². The zero-order chi connectivity index (χ0) is 11.2. The molecule has 0 bridgehead atoms. The maximum Gasteiger partial charge on any atom is 0.236 e. The minimum Gasteiger partial charge on any atom is -0.310 e. The van der Waals surface area contributed by atoms with E-state index < -0.39 is 5.41 Å². The first kappa shape index (κ1) is 10.1. The third-order valence-corrected chi connectivity index (χ3v) is 3.89. The second-order valence-electron chi connectivity index (χ2n) is 4.35. The number of pyridine rings is 1. The number of anilines is 1. The number of amides is 1. The Balaban J connectivity index is 2.04. The van der Waals surface area contributed by atoms with Gasteiger partial charge in [0.25, 0.3) is 0 Å². The van der Waals surface area contributed by atoms with E-state index in [0.717, 1.165) is 37.3 Å². The minimum atomic E-state index is -0.394. The number of fused-ring (bicyclic) bond motifs is 2. The van der Waals surface area contributed by atoms with E-state index in [1.807, 2.05) is 12.1 Å². The number of carbonyl (C=O) groups is 1. The molecule has 0 aromatic carbocycles. The molecule has 3 heterocycles. The van der Waals surface area contributed by atoms with Crippen LogP contribution in [0.4, 0.5) is 5.82 Å². The number of nitrogens with zero attached hydrogens (tertiary/aromatic N) is 2. The molecule has 2 aliphatic heterocycles. The number of nitrogens with one attached hydrogen (secondary N) is 1. The molecule has 0 atom stereocenters. The first-order chi connectivity index (χ1) is 7.72. The van der Waals surface area contributed by atoms with Gasteiger partial charge in [0.05, 0.1) is 5.41 Å². The SMILES string of the molecule is O=C1Nc2ncccc2C12CCN(Cl)CC2. The smallest absolute Gasteiger partial charge is 0.236 e. The van der Waals surface area contributed by atoms with E-state index in [1.165, 1.54) is 0 Å². The van der Waals surface area contributed by atoms with Gasteiger partial charge in [-0.1, -0.05) is 6.07 Å². The zero-order valence-corrected chi connectivity index (χ0v) is 9.50. The normalized spacial score (nSPS) is 23.2. The molecule has 84 valence electrons. The van der Waals surface area contributed by atoms with Crippen molar-refractivity contribution in [2.75, 3.05) is 18.4 Å². The monoisotopic (exact) mass is 237 g/mol. The molecule has 0 saturated carbocycles. The molecule has 2 aliphatic rings. The van der Waals surface area contributed by atoms with Crippen LogP contribution in [0.25, 0.3) is 0 Å². The van der Waals surface area contributed by atoms with Crippen molar-refractivity contribution < 1.29 is 4.79 Å². The van der Waals surface area contributed by atoms with Crippen molar-refractivity contribution in [1.82, 2.24) is 9.40 Å². The van der Waals surface area contributed by atoms with Crippen molar-refractivity contribution in [1.29, 1.82) is 0 Å². The fraction of sp³-hybridized carbons (Fsp3) is 0.455. The summed E-state index contributed by atoms with van der Waals surface area (Å²) in [5, 5.41) is 2.86. The molecule has 16 heavy (non-hydrogen) atoms. The molecule has 3 rings (SSSR count). The lowest BCUT2D eigenvalue weighted by Crippen LogP contribution is -2.43. The van der Waals surface area contributed by atoms with Crippen LogP contribution in [0.5, 0.6) is 0 Å². The Morgan fingerprint density at radius 2 is 2.19 bits per heavy atom. The largest absolute Gasteiger partial charge is 0.310 e. The lowest BCUT2D eigenvalue weighted by atomic mass is 9.74. The topological polar surface area (TPSA) is 45.2 Å². The summed E-state index contributed by atoms with van der Waals surface area (Å²) >= 11 is 5.94. The molecule has 1 aromatic heterocycles. The van der Waals surface area contributed by atoms with Gasteiger partial charge in [0.1, 0.15) is 5.82 Å². The van der Waals surface area contributed by atoms with E-state index in [9.17, 15) is 4.79 Å². The van der Waals surface area contributed by atoms with Crippen LogP contribution in [0.3, 0.4) is 0 Å². The van der Waals surface area contributed by atoms with Gasteiger partial charge >= 0.3 is 0 Å². The Hall–Kier alpha value is -1.13. The summed E-state index contributed by atoms with van der Waals surface area (Å²) in [7, 11) is 0. The first-order valence-corrected chi connectivity index (χ1v) is 5.74. The van der Waals surface area contributed by atoms with Crippen molar-refractivity contribution in [2.24, 2.45) is 0 Å². The Bertz CT molecular complexity index is 441. The fourth-order valence-corrected chi connectivity index (χ4v) is 2.77. The zero-order valence-electron chi connectivity index (χ0n) is 8.74. The number of carbonyl (C=O) groups excluding carboxylic acids is 1. The summed E-state index contributed by atoms with van der Waals surface area (Å²) in [6.07, 6.45) is 3.23. The summed E-state index contributed by atoms with van der Waals surface area (Å²) in [4.78, 5) is 16.3. The molecule has 1 fully saturated rings. The van der Waals surface area contributed by atoms with Crippen LogP contribution in [-0.4, -0.2) is 28.4 Å². The second kappa shape index (κ2) is 3.43. The predicted octanol–water partition coefficient (Wildman–Crippen LogP) is 1.52. The van der Waals surface area contributed by atoms with E-state index >= 15 is 0 Å². The van der Waals surface area contributed by atoms with Gasteiger partial charge < -0.3 is 5.32 Å². The Kier molecular flexibility index (Phi) is 2.16. The summed E-state index contributed by atoms with van der Waals surface area (Å²) in [6.45, 7) is 1.48. The van der Waals surface area contributed by atoms with Gasteiger partial charge in [0.2, 0.25) is 5.91 Å². The molecule has 1 amide bonds. The van der Waals surface area contributed by atoms with E-state index in [4.69, 9.17) is 11.8 Å². The second-order valence-corrected chi connectivity index (χ2v) is 4.82. The molecule has 0 aliphatic carbocycles. The van der Waals surface area contributed by atoms with Gasteiger partial charge in [-0.3, -0.25) is 4.79 Å². The molecule has 1 spiro atoms. The number of aromatic nitrogens is 1. The molecule has 1 aromatic rings. The van der Waals surface area contributed by atoms with E-state index in [-0.39, 0.29) is 5.91 Å². The number of halogens is 1. The molecule has 1 saturated heterocycles. The van der Waals surface area contributed by atoms with Gasteiger partial charge in [-0.2, -0.15) is 0 Å². The Labute approximate surface area is 98.7 Å². The highest BCUT2D eigenvalue weighted by atomic mass is 35.5. The quantitative estimate of drug-likeness (QED) is 0.696. The number of rotatable bonds is 0. The Morgan fingerprint density at radius 1 is 1.44 bits per heavy atom. The van der Waals surface area contributed by atoms with Crippen molar-refractivity contribution in [3.63, 3.8) is 0 Å². The third-order valence-electron chi connectivity index (χ3n) is 3.55. The van der Waals surface area contributed by atoms with Crippen LogP contribution >= 0.6 is 11.8 Å². The van der Waals surface area contributed by atoms with Crippen molar-refractivity contribution in [3.05, 3.63) is 23.9 Å². The number of piperidine rings is 1. The van der Waals surface area contributed by atoms with Gasteiger partial charge in [-0.25, -0.2) is 9.40 Å². The lowest BCUT2D eigenvalue weighted by molar-refractivity contribution is -0.122. The average Bonchev–Trinajstić information content (AvgIpc) is 2.57. The van der Waals surface area contributed by atoms with Gasteiger partial charge in [-0.15, -0.1) is 0 Å². The summed E-state index contributed by atoms with van der Waals surface area (Å²) in [5.74, 6) is 0.793. The van der Waals surface area contributed by atoms with Crippen LogP contribution in [0.1, 0.15) is 18.4 Å². The van der Waals surface area contributed by atoms with Crippen LogP contribution < -0.4 is 5.32 Å². The first-order valence-electron chi connectivity index (χ1n) is 5.40. The molecule has 4 nitrogen and oxygen atoms in total. The van der Waals surface area contributed by atoms with Crippen molar-refractivity contribution >= 4 is 23.5 Å². The van der Waals surface area contributed by atoms with Crippen LogP contribution in [0, 0.1) is 0 Å². The maximum absolute atomic E-state index is 12.1. The lowest BCUT2D eigenvalue weighted by Gasteiger charge is -2.34. The highest BCUT2D eigenvalue weighted by Crippen LogP contribution is 2.43. The van der Waals surface area contributed by atoms with E-state index in [0.29, 0.717) is 0 Å². The summed E-state index contributed by atoms with van der Waals surface area (Å²) in [6, 6.07) is 3.87. The van der Waals surface area contributed by atoms with E-state index in [1.54, 1.807) is 10.6 Å². The molecule has 0 radical (unpaired) electrons. The summed E-state index contributed by atoms with van der Waals surface area (Å²) in [5.41, 5.74) is 0.638. The highest BCUT2D eigenvalue weighted by molar-refractivity contribution is 6.13. The highest BCUT2D eigenvalue weighted by Gasteiger charge is 2.48. The van der Waals surface area contributed by atoms with E-state index in [2.05, 4.69) is 10.3 Å². The summed E-state index contributed by atoms with van der Waals surface area (Å²) < 4.78 is 1.74. The predicted molar refractivity (Wildman–Crippen MR) is 61.2 cm³/mol. The molecular weight excluding hydrogens is 226 g/mol. The minimum absolute atomic E-state index is 0.0750. The molecule has 1 N–H and O–H groups in total. The van der Waals surface area contributed by atoms with Gasteiger partial charge in [-0.05, 0) is 30.7 Å². The van der Waals surface area contributed by atoms with Crippen molar-refractivity contribution in [3.8, 4) is 0 Å². The van der Waals surface area contributed by atoms with Gasteiger partial charge in [0.15, 0.2) is 0 Å². The molecular formula is C11H12ClN3O. The fourth-order valence-electron chi connectivity index (χ4n) is 2.60.